The highest BCUT2D eigenvalue weighted by atomic mass is 127. The summed E-state index contributed by atoms with van der Waals surface area (Å²) in [6, 6.07) is 7.32. The van der Waals surface area contributed by atoms with Crippen molar-refractivity contribution in [1.82, 2.24) is 4.98 Å². The Hall–Kier alpha value is -2.07. The van der Waals surface area contributed by atoms with E-state index in [2.05, 4.69) is 40.2 Å². The SMILES string of the molecule is C=Cc1c(Oc2cc(I)cc(C#N)c2)c(CC)c[nH]c1=O. The van der Waals surface area contributed by atoms with Crippen molar-refractivity contribution in [2.24, 2.45) is 0 Å². The van der Waals surface area contributed by atoms with Crippen LogP contribution in [-0.2, 0) is 6.42 Å². The molecule has 0 aliphatic heterocycles. The fourth-order valence-corrected chi connectivity index (χ4v) is 2.59. The van der Waals surface area contributed by atoms with Crippen LogP contribution in [0.1, 0.15) is 23.6 Å². The molecule has 0 radical (unpaired) electrons. The van der Waals surface area contributed by atoms with Crippen LogP contribution in [-0.4, -0.2) is 4.98 Å². The summed E-state index contributed by atoms with van der Waals surface area (Å²) in [5.41, 5.74) is 1.54. The maximum atomic E-state index is 11.9. The number of nitrogens with zero attached hydrogens (tertiary/aromatic N) is 1. The smallest absolute Gasteiger partial charge is 0.258 e. The van der Waals surface area contributed by atoms with Crippen molar-refractivity contribution in [1.29, 1.82) is 5.26 Å². The van der Waals surface area contributed by atoms with Crippen LogP contribution >= 0.6 is 22.6 Å². The summed E-state index contributed by atoms with van der Waals surface area (Å²) in [7, 11) is 0. The molecule has 2 aromatic rings. The van der Waals surface area contributed by atoms with Gasteiger partial charge in [0.1, 0.15) is 11.5 Å². The molecule has 1 N–H and O–H groups in total. The number of aryl methyl sites for hydroxylation is 1. The Bertz CT molecular complexity index is 788. The van der Waals surface area contributed by atoms with Crippen molar-refractivity contribution < 1.29 is 4.74 Å². The average molecular weight is 392 g/mol. The number of rotatable bonds is 4. The van der Waals surface area contributed by atoms with Crippen molar-refractivity contribution in [3.63, 3.8) is 0 Å². The molecule has 0 spiro atoms. The van der Waals surface area contributed by atoms with Gasteiger partial charge in [0.05, 0.1) is 17.2 Å². The number of nitrogens with one attached hydrogen (secondary N) is 1. The molecule has 4 nitrogen and oxygen atoms in total. The molecule has 5 heteroatoms. The summed E-state index contributed by atoms with van der Waals surface area (Å²) in [6.07, 6.45) is 3.83. The first-order valence-electron chi connectivity index (χ1n) is 6.34. The van der Waals surface area contributed by atoms with Gasteiger partial charge in [0.25, 0.3) is 5.56 Å². The molecule has 0 fully saturated rings. The second kappa shape index (κ2) is 6.59. The lowest BCUT2D eigenvalue weighted by Crippen LogP contribution is -2.12. The van der Waals surface area contributed by atoms with E-state index in [0.29, 0.717) is 29.0 Å². The van der Waals surface area contributed by atoms with E-state index in [-0.39, 0.29) is 5.56 Å². The summed E-state index contributed by atoms with van der Waals surface area (Å²) < 4.78 is 6.77. The van der Waals surface area contributed by atoms with Crippen molar-refractivity contribution in [2.45, 2.75) is 13.3 Å². The second-order valence-electron chi connectivity index (χ2n) is 4.33. The molecule has 106 valence electrons. The fourth-order valence-electron chi connectivity index (χ4n) is 1.94. The topological polar surface area (TPSA) is 65.9 Å². The Morgan fingerprint density at radius 3 is 2.86 bits per heavy atom. The monoisotopic (exact) mass is 392 g/mol. The minimum atomic E-state index is -0.247. The van der Waals surface area contributed by atoms with Gasteiger partial charge in [0.2, 0.25) is 0 Å². The quantitative estimate of drug-likeness (QED) is 0.804. The van der Waals surface area contributed by atoms with Crippen LogP contribution in [0, 0.1) is 14.9 Å². The highest BCUT2D eigenvalue weighted by molar-refractivity contribution is 14.1. The van der Waals surface area contributed by atoms with Gasteiger partial charge in [-0.05, 0) is 47.2 Å². The Morgan fingerprint density at radius 2 is 2.24 bits per heavy atom. The molecule has 0 atom stereocenters. The van der Waals surface area contributed by atoms with Crippen molar-refractivity contribution in [2.75, 3.05) is 0 Å². The first-order chi connectivity index (χ1) is 10.1. The molecular weight excluding hydrogens is 379 g/mol. The lowest BCUT2D eigenvalue weighted by atomic mass is 10.1. The Kier molecular flexibility index (Phi) is 4.81. The summed E-state index contributed by atoms with van der Waals surface area (Å²) in [4.78, 5) is 14.5. The Morgan fingerprint density at radius 1 is 1.48 bits per heavy atom. The minimum Gasteiger partial charge on any atom is -0.456 e. The molecule has 0 amide bonds. The van der Waals surface area contributed by atoms with E-state index in [1.165, 1.54) is 6.08 Å². The predicted octanol–water partition coefficient (Wildman–Crippen LogP) is 3.85. The third-order valence-corrected chi connectivity index (χ3v) is 3.59. The normalized spacial score (nSPS) is 9.95. The zero-order valence-electron chi connectivity index (χ0n) is 11.4. The number of benzene rings is 1. The summed E-state index contributed by atoms with van der Waals surface area (Å²) in [5, 5.41) is 9.02. The Labute approximate surface area is 136 Å². The van der Waals surface area contributed by atoms with Gasteiger partial charge in [0, 0.05) is 15.3 Å². The maximum absolute atomic E-state index is 11.9. The van der Waals surface area contributed by atoms with Gasteiger partial charge in [-0.1, -0.05) is 19.6 Å². The number of aromatic amines is 1. The number of hydrogen-bond acceptors (Lipinski definition) is 3. The molecule has 1 aromatic carbocycles. The molecule has 0 saturated heterocycles. The molecular formula is C16H13IN2O2. The van der Waals surface area contributed by atoms with E-state index < -0.39 is 0 Å². The third-order valence-electron chi connectivity index (χ3n) is 2.96. The summed E-state index contributed by atoms with van der Waals surface area (Å²) >= 11 is 2.12. The first kappa shape index (κ1) is 15.3. The van der Waals surface area contributed by atoms with Gasteiger partial charge < -0.3 is 9.72 Å². The van der Waals surface area contributed by atoms with E-state index in [4.69, 9.17) is 10.00 Å². The molecule has 0 saturated carbocycles. The zero-order valence-corrected chi connectivity index (χ0v) is 13.6. The standard InChI is InChI=1S/C16H13IN2O2/c1-3-11-9-19-16(20)14(4-2)15(11)21-13-6-10(8-18)5-12(17)7-13/h4-7,9H,2-3H2,1H3,(H,19,20). The van der Waals surface area contributed by atoms with E-state index >= 15 is 0 Å². The van der Waals surface area contributed by atoms with Crippen LogP contribution in [0.15, 0.2) is 35.8 Å². The van der Waals surface area contributed by atoms with Gasteiger partial charge in [-0.3, -0.25) is 4.79 Å². The number of halogens is 1. The molecule has 2 rings (SSSR count). The lowest BCUT2D eigenvalue weighted by molar-refractivity contribution is 0.473. The molecule has 1 aromatic heterocycles. The number of ether oxygens (including phenoxy) is 1. The van der Waals surface area contributed by atoms with E-state index in [9.17, 15) is 4.79 Å². The van der Waals surface area contributed by atoms with Crippen LogP contribution in [0.3, 0.4) is 0 Å². The van der Waals surface area contributed by atoms with Gasteiger partial charge in [-0.25, -0.2) is 0 Å². The van der Waals surface area contributed by atoms with Crippen molar-refractivity contribution in [3.8, 4) is 17.6 Å². The van der Waals surface area contributed by atoms with Crippen LogP contribution in [0.4, 0.5) is 0 Å². The van der Waals surface area contributed by atoms with Crippen LogP contribution < -0.4 is 10.3 Å². The summed E-state index contributed by atoms with van der Waals surface area (Å²) in [6.45, 7) is 5.64. The number of pyridine rings is 1. The van der Waals surface area contributed by atoms with Crippen LogP contribution in [0.25, 0.3) is 6.08 Å². The lowest BCUT2D eigenvalue weighted by Gasteiger charge is -2.13. The third kappa shape index (κ3) is 3.34. The molecule has 21 heavy (non-hydrogen) atoms. The molecule has 1 heterocycles. The molecule has 0 aliphatic carbocycles. The largest absolute Gasteiger partial charge is 0.456 e. The first-order valence-corrected chi connectivity index (χ1v) is 7.42. The van der Waals surface area contributed by atoms with Gasteiger partial charge >= 0.3 is 0 Å². The molecule has 0 aliphatic rings. The van der Waals surface area contributed by atoms with E-state index in [1.807, 2.05) is 13.0 Å². The summed E-state index contributed by atoms with van der Waals surface area (Å²) in [5.74, 6) is 1.02. The van der Waals surface area contributed by atoms with Crippen molar-refractivity contribution >= 4 is 28.7 Å². The highest BCUT2D eigenvalue weighted by Gasteiger charge is 2.12. The Balaban J connectivity index is 2.56. The van der Waals surface area contributed by atoms with Crippen LogP contribution in [0.5, 0.6) is 11.5 Å². The van der Waals surface area contributed by atoms with Gasteiger partial charge in [-0.2, -0.15) is 5.26 Å². The predicted molar refractivity (Wildman–Crippen MR) is 90.5 cm³/mol. The average Bonchev–Trinajstić information content (AvgIpc) is 2.47. The van der Waals surface area contributed by atoms with Crippen LogP contribution in [0.2, 0.25) is 0 Å². The van der Waals surface area contributed by atoms with E-state index in [0.717, 1.165) is 9.13 Å². The maximum Gasteiger partial charge on any atom is 0.258 e. The minimum absolute atomic E-state index is 0.247. The van der Waals surface area contributed by atoms with Crippen molar-refractivity contribution in [3.05, 3.63) is 61.6 Å². The number of hydrogen-bond donors (Lipinski definition) is 1. The fraction of sp³-hybridized carbons (Fsp3) is 0.125. The van der Waals surface area contributed by atoms with Gasteiger partial charge in [-0.15, -0.1) is 0 Å². The van der Waals surface area contributed by atoms with E-state index in [1.54, 1.807) is 18.3 Å². The number of aromatic nitrogens is 1. The zero-order chi connectivity index (χ0) is 15.4. The molecule has 0 bridgehead atoms. The highest BCUT2D eigenvalue weighted by Crippen LogP contribution is 2.29. The number of nitriles is 1. The molecule has 0 unspecified atom stereocenters. The second-order valence-corrected chi connectivity index (χ2v) is 5.58. The number of H-pyrrole nitrogens is 1. The van der Waals surface area contributed by atoms with Gasteiger partial charge in [0.15, 0.2) is 0 Å².